The first-order valence-electron chi connectivity index (χ1n) is 13.7. The zero-order valence-corrected chi connectivity index (χ0v) is 24.0. The van der Waals surface area contributed by atoms with Gasteiger partial charge >= 0.3 is 18.5 Å². The summed E-state index contributed by atoms with van der Waals surface area (Å²) in [5.41, 5.74) is -2.09. The Morgan fingerprint density at radius 1 is 1.04 bits per heavy atom. The second kappa shape index (κ2) is 13.2. The number of amides is 1. The number of anilines is 1. The van der Waals surface area contributed by atoms with Crippen molar-refractivity contribution < 1.29 is 54.5 Å². The van der Waals surface area contributed by atoms with E-state index in [1.54, 1.807) is 6.92 Å². The Labute approximate surface area is 251 Å². The number of piperidine rings is 1. The van der Waals surface area contributed by atoms with E-state index in [4.69, 9.17) is 9.47 Å². The summed E-state index contributed by atoms with van der Waals surface area (Å²) in [7, 11) is 1.11. The number of nitrogens with zero attached hydrogens (tertiary/aromatic N) is 2. The van der Waals surface area contributed by atoms with E-state index in [2.05, 4.69) is 10.1 Å². The summed E-state index contributed by atoms with van der Waals surface area (Å²) >= 11 is 0. The number of carbonyl (C=O) groups excluding carboxylic acids is 2. The zero-order chi connectivity index (χ0) is 33.1. The van der Waals surface area contributed by atoms with Crippen molar-refractivity contribution in [3.05, 3.63) is 63.7 Å². The van der Waals surface area contributed by atoms with Gasteiger partial charge in [0.15, 0.2) is 11.6 Å². The van der Waals surface area contributed by atoms with Crippen LogP contribution in [0.15, 0.2) is 41.3 Å². The smallest absolute Gasteiger partial charge is 0.492 e. The lowest BCUT2D eigenvalue weighted by molar-refractivity contribution is -0.274. The van der Waals surface area contributed by atoms with Crippen LogP contribution in [0.5, 0.6) is 11.5 Å². The Balaban J connectivity index is 1.69. The summed E-state index contributed by atoms with van der Waals surface area (Å²) in [6.07, 6.45) is -8.47. The first kappa shape index (κ1) is 33.4. The SMILES string of the molecule is CCOC(=O)C1CCN(c2c(F)cc3c(=O)c(C(=O)NCc4ccc(OC(F)(F)F)cc4)cn(CC(F)(F)F)c3c2OC)CC1. The number of carbonyl (C=O) groups is 2. The lowest BCUT2D eigenvalue weighted by atomic mass is 9.96. The monoisotopic (exact) mass is 647 g/mol. The molecule has 0 unspecified atom stereocenters. The second-order valence-electron chi connectivity index (χ2n) is 10.1. The number of benzene rings is 2. The Hall–Kier alpha value is -4.50. The molecule has 4 rings (SSSR count). The van der Waals surface area contributed by atoms with Gasteiger partial charge in [0, 0.05) is 25.8 Å². The summed E-state index contributed by atoms with van der Waals surface area (Å²) in [6.45, 7) is 0.190. The van der Waals surface area contributed by atoms with Gasteiger partial charge in [-0.25, -0.2) is 4.39 Å². The highest BCUT2D eigenvalue weighted by Gasteiger charge is 2.34. The number of rotatable bonds is 9. The summed E-state index contributed by atoms with van der Waals surface area (Å²) in [4.78, 5) is 40.0. The topological polar surface area (TPSA) is 99.1 Å². The number of pyridine rings is 1. The van der Waals surface area contributed by atoms with Gasteiger partial charge in [-0.2, -0.15) is 13.2 Å². The minimum Gasteiger partial charge on any atom is -0.492 e. The third-order valence-corrected chi connectivity index (χ3v) is 7.08. The number of esters is 1. The molecular formula is C29H28F7N3O6. The van der Waals surface area contributed by atoms with Gasteiger partial charge in [0.2, 0.25) is 5.43 Å². The summed E-state index contributed by atoms with van der Waals surface area (Å²) in [5, 5.41) is 1.80. The van der Waals surface area contributed by atoms with Gasteiger partial charge < -0.3 is 29.0 Å². The minimum atomic E-state index is -4.91. The van der Waals surface area contributed by atoms with Crippen LogP contribution in [0.1, 0.15) is 35.7 Å². The highest BCUT2D eigenvalue weighted by atomic mass is 19.4. The van der Waals surface area contributed by atoms with Gasteiger partial charge in [-0.1, -0.05) is 12.1 Å². The molecular weight excluding hydrogens is 619 g/mol. The molecule has 2 aromatic carbocycles. The van der Waals surface area contributed by atoms with Crippen molar-refractivity contribution in [2.24, 2.45) is 5.92 Å². The van der Waals surface area contributed by atoms with Gasteiger partial charge in [0.1, 0.15) is 23.5 Å². The molecule has 1 saturated heterocycles. The maximum absolute atomic E-state index is 15.7. The summed E-state index contributed by atoms with van der Waals surface area (Å²) in [5.74, 6) is -3.79. The number of halogens is 7. The molecule has 0 saturated carbocycles. The highest BCUT2D eigenvalue weighted by Crippen LogP contribution is 2.40. The van der Waals surface area contributed by atoms with Crippen LogP contribution >= 0.6 is 0 Å². The fraction of sp³-hybridized carbons (Fsp3) is 0.414. The van der Waals surface area contributed by atoms with Crippen molar-refractivity contribution in [1.29, 1.82) is 0 Å². The van der Waals surface area contributed by atoms with Crippen molar-refractivity contribution in [3.8, 4) is 11.5 Å². The Morgan fingerprint density at radius 3 is 2.24 bits per heavy atom. The number of hydrogen-bond acceptors (Lipinski definition) is 7. The minimum absolute atomic E-state index is 0.148. The van der Waals surface area contributed by atoms with Crippen molar-refractivity contribution in [2.45, 2.75) is 45.4 Å². The molecule has 0 aliphatic carbocycles. The standard InChI is InChI=1S/C29H28F7N3O6/c1-3-44-27(42)17-8-10-38(11-9-17)23-21(30)12-19-22(25(23)43-2)39(15-28(31,32)33)14-20(24(19)40)26(41)37-13-16-4-6-18(7-5-16)45-29(34,35)36/h4-7,12,14,17H,3,8-11,13,15H2,1-2H3,(H,37,41). The largest absolute Gasteiger partial charge is 0.573 e. The maximum Gasteiger partial charge on any atom is 0.573 e. The Kier molecular flexibility index (Phi) is 9.83. The van der Waals surface area contributed by atoms with Crippen LogP contribution in [0.4, 0.5) is 36.4 Å². The number of fused-ring (bicyclic) bond motifs is 1. The number of alkyl halides is 6. The van der Waals surface area contributed by atoms with Gasteiger partial charge in [0.25, 0.3) is 5.91 Å². The predicted molar refractivity (Wildman–Crippen MR) is 147 cm³/mol. The predicted octanol–water partition coefficient (Wildman–Crippen LogP) is 5.32. The molecule has 1 fully saturated rings. The molecule has 2 heterocycles. The normalized spacial score (nSPS) is 14.4. The quantitative estimate of drug-likeness (QED) is 0.248. The van der Waals surface area contributed by atoms with Gasteiger partial charge in [-0.3, -0.25) is 14.4 Å². The van der Waals surface area contributed by atoms with Crippen molar-refractivity contribution in [2.75, 3.05) is 31.7 Å². The van der Waals surface area contributed by atoms with Gasteiger partial charge in [0.05, 0.1) is 30.5 Å². The van der Waals surface area contributed by atoms with Crippen LogP contribution in [0, 0.1) is 11.7 Å². The van der Waals surface area contributed by atoms with E-state index in [-0.39, 0.29) is 56.0 Å². The molecule has 45 heavy (non-hydrogen) atoms. The van der Waals surface area contributed by atoms with Crippen LogP contribution in [0.3, 0.4) is 0 Å². The molecule has 3 aromatic rings. The van der Waals surface area contributed by atoms with E-state index in [0.29, 0.717) is 16.3 Å². The van der Waals surface area contributed by atoms with Crippen LogP contribution in [0.2, 0.25) is 0 Å². The molecule has 16 heteroatoms. The number of methoxy groups -OCH3 is 1. The average molecular weight is 648 g/mol. The Morgan fingerprint density at radius 2 is 1.69 bits per heavy atom. The molecule has 9 nitrogen and oxygen atoms in total. The fourth-order valence-electron chi connectivity index (χ4n) is 5.14. The molecule has 0 atom stereocenters. The fourth-order valence-corrected chi connectivity index (χ4v) is 5.14. The first-order chi connectivity index (χ1) is 21.1. The van der Waals surface area contributed by atoms with E-state index in [1.807, 2.05) is 0 Å². The molecule has 0 spiro atoms. The molecule has 1 aliphatic rings. The number of nitrogens with one attached hydrogen (secondary N) is 1. The van der Waals surface area contributed by atoms with E-state index in [1.165, 1.54) is 17.0 Å². The Bertz CT molecular complexity index is 1610. The molecule has 244 valence electrons. The van der Waals surface area contributed by atoms with E-state index < -0.39 is 64.8 Å². The van der Waals surface area contributed by atoms with E-state index in [0.717, 1.165) is 25.3 Å². The maximum atomic E-state index is 15.7. The lowest BCUT2D eigenvalue weighted by Crippen LogP contribution is -2.38. The first-order valence-corrected chi connectivity index (χ1v) is 13.7. The van der Waals surface area contributed by atoms with Crippen LogP contribution < -0.4 is 25.1 Å². The molecule has 0 bridgehead atoms. The van der Waals surface area contributed by atoms with Gasteiger partial charge in [-0.15, -0.1) is 13.2 Å². The van der Waals surface area contributed by atoms with Crippen LogP contribution in [-0.4, -0.2) is 55.8 Å². The van der Waals surface area contributed by atoms with Crippen LogP contribution in [0.25, 0.3) is 10.9 Å². The van der Waals surface area contributed by atoms with Crippen molar-refractivity contribution in [3.63, 3.8) is 0 Å². The lowest BCUT2D eigenvalue weighted by Gasteiger charge is -2.34. The third-order valence-electron chi connectivity index (χ3n) is 7.08. The second-order valence-corrected chi connectivity index (χ2v) is 10.1. The average Bonchev–Trinajstić information content (AvgIpc) is 2.96. The molecule has 1 aromatic heterocycles. The number of hydrogen-bond donors (Lipinski definition) is 1. The molecule has 1 amide bonds. The summed E-state index contributed by atoms with van der Waals surface area (Å²) in [6, 6.07) is 5.15. The zero-order valence-electron chi connectivity index (χ0n) is 24.0. The van der Waals surface area contributed by atoms with Crippen LogP contribution in [-0.2, 0) is 22.6 Å². The molecule has 1 N–H and O–H groups in total. The number of ether oxygens (including phenoxy) is 3. The number of aromatic nitrogens is 1. The van der Waals surface area contributed by atoms with E-state index >= 15 is 4.39 Å². The third kappa shape index (κ3) is 7.97. The van der Waals surface area contributed by atoms with Crippen molar-refractivity contribution in [1.82, 2.24) is 9.88 Å². The van der Waals surface area contributed by atoms with E-state index in [9.17, 15) is 40.7 Å². The highest BCUT2D eigenvalue weighted by molar-refractivity contribution is 5.99. The molecule has 0 radical (unpaired) electrons. The van der Waals surface area contributed by atoms with Gasteiger partial charge in [-0.05, 0) is 43.5 Å². The molecule has 1 aliphatic heterocycles. The van der Waals surface area contributed by atoms with Crippen molar-refractivity contribution >= 4 is 28.5 Å². The summed E-state index contributed by atoms with van der Waals surface area (Å²) < 4.78 is 109.